The molecule has 0 aromatic heterocycles. The molecule has 1 amide bonds. The normalized spacial score (nSPS) is 28.4. The Balaban J connectivity index is 2.59. The van der Waals surface area contributed by atoms with Gasteiger partial charge in [0, 0.05) is 12.5 Å². The van der Waals surface area contributed by atoms with Gasteiger partial charge >= 0.3 is 12.1 Å². The average molecular weight is 231 g/mol. The molecule has 0 radical (unpaired) electrons. The van der Waals surface area contributed by atoms with Gasteiger partial charge < -0.3 is 20.3 Å². The molecule has 1 saturated carbocycles. The highest BCUT2D eigenvalue weighted by molar-refractivity contribution is 5.88. The molecule has 1 fully saturated rings. The summed E-state index contributed by atoms with van der Waals surface area (Å²) < 4.78 is 4.96. The molecular weight excluding hydrogens is 214 g/mol. The number of ether oxygens (including phenoxy) is 1. The maximum Gasteiger partial charge on any atom is 0.408 e. The first-order chi connectivity index (χ1) is 7.21. The first kappa shape index (κ1) is 12.8. The largest absolute Gasteiger partial charge is 0.479 e. The zero-order valence-electron chi connectivity index (χ0n) is 9.61. The molecule has 3 N–H and O–H groups in total. The van der Waals surface area contributed by atoms with Gasteiger partial charge in [0.15, 0.2) is 0 Å². The zero-order valence-corrected chi connectivity index (χ0v) is 9.61. The van der Waals surface area contributed by atoms with Crippen LogP contribution in [-0.2, 0) is 9.53 Å². The Morgan fingerprint density at radius 3 is 2.38 bits per heavy atom. The lowest BCUT2D eigenvalue weighted by molar-refractivity contribution is -0.141. The van der Waals surface area contributed by atoms with E-state index in [0.717, 1.165) is 0 Å². The summed E-state index contributed by atoms with van der Waals surface area (Å²) >= 11 is 0. The maximum atomic E-state index is 11.4. The van der Waals surface area contributed by atoms with Crippen LogP contribution in [0.4, 0.5) is 4.79 Å². The van der Waals surface area contributed by atoms with Crippen LogP contribution in [0.15, 0.2) is 0 Å². The molecule has 16 heavy (non-hydrogen) atoms. The van der Waals surface area contributed by atoms with Gasteiger partial charge in [-0.1, -0.05) is 0 Å². The van der Waals surface area contributed by atoms with Gasteiger partial charge in [-0.25, -0.2) is 9.59 Å². The monoisotopic (exact) mass is 231 g/mol. The molecule has 0 aromatic carbocycles. The van der Waals surface area contributed by atoms with E-state index < -0.39 is 29.1 Å². The number of carboxylic acid groups (broad SMARTS) is 1. The Bertz CT molecular complexity index is 309. The van der Waals surface area contributed by atoms with Gasteiger partial charge in [-0.2, -0.15) is 0 Å². The molecule has 0 saturated heterocycles. The predicted octanol–water partition coefficient (Wildman–Crippen LogP) is 0.347. The molecular formula is C10H17NO5. The molecule has 2 atom stereocenters. The fourth-order valence-corrected chi connectivity index (χ4v) is 1.50. The molecule has 0 bridgehead atoms. The van der Waals surface area contributed by atoms with Crippen molar-refractivity contribution >= 4 is 12.1 Å². The van der Waals surface area contributed by atoms with Crippen molar-refractivity contribution in [1.82, 2.24) is 5.32 Å². The van der Waals surface area contributed by atoms with Crippen LogP contribution in [-0.4, -0.2) is 40.0 Å². The SMILES string of the molecule is CC(C)(C)OC(=O)N[C@@]1(C(=O)O)C[C@@H]1CO. The van der Waals surface area contributed by atoms with E-state index in [4.69, 9.17) is 14.9 Å². The summed E-state index contributed by atoms with van der Waals surface area (Å²) in [6, 6.07) is 0. The van der Waals surface area contributed by atoms with Crippen molar-refractivity contribution in [2.75, 3.05) is 6.61 Å². The number of carbonyl (C=O) groups excluding carboxylic acids is 1. The molecule has 6 nitrogen and oxygen atoms in total. The van der Waals surface area contributed by atoms with E-state index in [0.29, 0.717) is 0 Å². The maximum absolute atomic E-state index is 11.4. The minimum atomic E-state index is -1.35. The highest BCUT2D eigenvalue weighted by Crippen LogP contribution is 2.43. The third-order valence-electron chi connectivity index (χ3n) is 2.43. The standard InChI is InChI=1S/C10H17NO5/c1-9(2,3)16-8(15)11-10(7(13)14)4-6(10)5-12/h6,12H,4-5H2,1-3H3,(H,11,15)(H,13,14)/t6-,10+/m1/s1. The number of aliphatic hydroxyl groups excluding tert-OH is 1. The average Bonchev–Trinajstić information content (AvgIpc) is 2.76. The number of nitrogens with one attached hydrogen (secondary N) is 1. The van der Waals surface area contributed by atoms with Crippen LogP contribution in [0.5, 0.6) is 0 Å². The van der Waals surface area contributed by atoms with Gasteiger partial charge in [-0.05, 0) is 27.2 Å². The van der Waals surface area contributed by atoms with Gasteiger partial charge in [0.2, 0.25) is 0 Å². The first-order valence-electron chi connectivity index (χ1n) is 5.07. The molecule has 1 aliphatic carbocycles. The number of aliphatic carboxylic acids is 1. The topological polar surface area (TPSA) is 95.9 Å². The van der Waals surface area contributed by atoms with Crippen molar-refractivity contribution in [3.8, 4) is 0 Å². The summed E-state index contributed by atoms with van der Waals surface area (Å²) in [5.41, 5.74) is -2.02. The van der Waals surface area contributed by atoms with Crippen LogP contribution < -0.4 is 5.32 Å². The minimum Gasteiger partial charge on any atom is -0.479 e. The number of alkyl carbamates (subject to hydrolysis) is 1. The Labute approximate surface area is 93.6 Å². The van der Waals surface area contributed by atoms with Gasteiger partial charge in [0.1, 0.15) is 11.1 Å². The Morgan fingerprint density at radius 2 is 2.06 bits per heavy atom. The van der Waals surface area contributed by atoms with Crippen LogP contribution in [0.25, 0.3) is 0 Å². The minimum absolute atomic E-state index is 0.234. The zero-order chi connectivity index (χ0) is 12.6. The lowest BCUT2D eigenvalue weighted by Gasteiger charge is -2.22. The van der Waals surface area contributed by atoms with E-state index in [9.17, 15) is 9.59 Å². The highest BCUT2D eigenvalue weighted by atomic mass is 16.6. The van der Waals surface area contributed by atoms with Gasteiger partial charge in [0.25, 0.3) is 0 Å². The van der Waals surface area contributed by atoms with E-state index in [1.54, 1.807) is 20.8 Å². The van der Waals surface area contributed by atoms with Crippen molar-refractivity contribution in [2.24, 2.45) is 5.92 Å². The second kappa shape index (κ2) is 3.93. The van der Waals surface area contributed by atoms with E-state index in [1.165, 1.54) is 0 Å². The quantitative estimate of drug-likeness (QED) is 0.651. The Kier molecular flexibility index (Phi) is 3.14. The van der Waals surface area contributed by atoms with Crippen LogP contribution in [0.1, 0.15) is 27.2 Å². The first-order valence-corrected chi connectivity index (χ1v) is 5.07. The van der Waals surface area contributed by atoms with Crippen molar-refractivity contribution in [3.05, 3.63) is 0 Å². The molecule has 0 heterocycles. The van der Waals surface area contributed by atoms with Crippen LogP contribution in [0, 0.1) is 5.92 Å². The Morgan fingerprint density at radius 1 is 1.50 bits per heavy atom. The number of rotatable bonds is 3. The Hall–Kier alpha value is -1.30. The van der Waals surface area contributed by atoms with Crippen molar-refractivity contribution in [1.29, 1.82) is 0 Å². The number of carbonyl (C=O) groups is 2. The summed E-state index contributed by atoms with van der Waals surface area (Å²) in [7, 11) is 0. The second-order valence-corrected chi connectivity index (χ2v) is 4.99. The summed E-state index contributed by atoms with van der Waals surface area (Å²) in [6.07, 6.45) is -0.538. The fourth-order valence-electron chi connectivity index (χ4n) is 1.50. The number of hydrogen-bond acceptors (Lipinski definition) is 4. The second-order valence-electron chi connectivity index (χ2n) is 4.99. The third-order valence-corrected chi connectivity index (χ3v) is 2.43. The molecule has 1 rings (SSSR count). The molecule has 0 unspecified atom stereocenters. The smallest absolute Gasteiger partial charge is 0.408 e. The van der Waals surface area contributed by atoms with Crippen LogP contribution in [0.2, 0.25) is 0 Å². The number of aliphatic hydroxyl groups is 1. The van der Waals surface area contributed by atoms with E-state index in [-0.39, 0.29) is 13.0 Å². The van der Waals surface area contributed by atoms with E-state index in [1.807, 2.05) is 0 Å². The molecule has 0 spiro atoms. The fraction of sp³-hybridized carbons (Fsp3) is 0.800. The summed E-state index contributed by atoms with van der Waals surface area (Å²) in [5, 5.41) is 20.2. The number of amides is 1. The highest BCUT2D eigenvalue weighted by Gasteiger charge is 2.61. The van der Waals surface area contributed by atoms with Gasteiger partial charge in [-0.15, -0.1) is 0 Å². The molecule has 0 aliphatic heterocycles. The summed E-state index contributed by atoms with van der Waals surface area (Å²) in [6.45, 7) is 4.81. The summed E-state index contributed by atoms with van der Waals surface area (Å²) in [5.74, 6) is -1.57. The van der Waals surface area contributed by atoms with E-state index >= 15 is 0 Å². The van der Waals surface area contributed by atoms with Crippen molar-refractivity contribution < 1.29 is 24.5 Å². The summed E-state index contributed by atoms with van der Waals surface area (Å²) in [4.78, 5) is 22.4. The molecule has 1 aliphatic rings. The molecule has 92 valence electrons. The third kappa shape index (κ3) is 2.63. The van der Waals surface area contributed by atoms with Gasteiger partial charge in [-0.3, -0.25) is 0 Å². The number of hydrogen-bond donors (Lipinski definition) is 3. The molecule has 6 heteroatoms. The van der Waals surface area contributed by atoms with Crippen LogP contribution in [0.3, 0.4) is 0 Å². The molecule has 0 aromatic rings. The lowest BCUT2D eigenvalue weighted by atomic mass is 10.2. The predicted molar refractivity (Wildman–Crippen MR) is 54.9 cm³/mol. The van der Waals surface area contributed by atoms with Crippen LogP contribution >= 0.6 is 0 Å². The lowest BCUT2D eigenvalue weighted by Crippen LogP contribution is -2.47. The number of carboxylic acids is 1. The van der Waals surface area contributed by atoms with Gasteiger partial charge in [0.05, 0.1) is 0 Å². The van der Waals surface area contributed by atoms with Crippen molar-refractivity contribution in [2.45, 2.75) is 38.3 Å². The van der Waals surface area contributed by atoms with E-state index in [2.05, 4.69) is 5.32 Å². The van der Waals surface area contributed by atoms with Crippen molar-refractivity contribution in [3.63, 3.8) is 0 Å².